The Hall–Kier alpha value is -2.04. The first-order valence-electron chi connectivity index (χ1n) is 6.04. The number of benzene rings is 1. The van der Waals surface area contributed by atoms with Crippen LogP contribution in [0.15, 0.2) is 18.2 Å². The Kier molecular flexibility index (Phi) is 3.50. The molecular formula is C13H17N3O2. The van der Waals surface area contributed by atoms with E-state index in [0.29, 0.717) is 11.3 Å². The van der Waals surface area contributed by atoms with E-state index in [1.165, 1.54) is 6.92 Å². The van der Waals surface area contributed by atoms with Crippen LogP contribution in [0, 0.1) is 0 Å². The third kappa shape index (κ3) is 2.61. The third-order valence-electron chi connectivity index (χ3n) is 3.04. The number of hydrogen-bond acceptors (Lipinski definition) is 3. The zero-order valence-corrected chi connectivity index (χ0v) is 10.4. The monoisotopic (exact) mass is 247 g/mol. The zero-order valence-electron chi connectivity index (χ0n) is 10.4. The Balaban J connectivity index is 2.37. The van der Waals surface area contributed by atoms with Crippen LogP contribution in [0.2, 0.25) is 0 Å². The van der Waals surface area contributed by atoms with Gasteiger partial charge in [-0.2, -0.15) is 0 Å². The number of primary amides is 1. The summed E-state index contributed by atoms with van der Waals surface area (Å²) >= 11 is 0. The number of amides is 2. The van der Waals surface area contributed by atoms with Crippen molar-refractivity contribution in [3.63, 3.8) is 0 Å². The lowest BCUT2D eigenvalue weighted by molar-refractivity contribution is -0.114. The highest BCUT2D eigenvalue weighted by molar-refractivity contribution is 5.98. The molecule has 2 amide bonds. The number of anilines is 2. The fourth-order valence-corrected chi connectivity index (χ4v) is 2.21. The first-order chi connectivity index (χ1) is 8.58. The lowest BCUT2D eigenvalue weighted by atomic mass is 10.1. The number of nitrogens with zero attached hydrogens (tertiary/aromatic N) is 1. The molecule has 1 aromatic carbocycles. The van der Waals surface area contributed by atoms with Crippen LogP contribution in [0.3, 0.4) is 0 Å². The Bertz CT molecular complexity index is 479. The summed E-state index contributed by atoms with van der Waals surface area (Å²) in [5.74, 6) is -0.647. The first kappa shape index (κ1) is 12.4. The van der Waals surface area contributed by atoms with Crippen molar-refractivity contribution < 1.29 is 9.59 Å². The van der Waals surface area contributed by atoms with Crippen LogP contribution < -0.4 is 16.0 Å². The van der Waals surface area contributed by atoms with Gasteiger partial charge < -0.3 is 16.0 Å². The van der Waals surface area contributed by atoms with Crippen molar-refractivity contribution in [1.29, 1.82) is 0 Å². The Morgan fingerprint density at radius 1 is 1.28 bits per heavy atom. The smallest absolute Gasteiger partial charge is 0.248 e. The quantitative estimate of drug-likeness (QED) is 0.846. The summed E-state index contributed by atoms with van der Waals surface area (Å²) in [7, 11) is 0. The fourth-order valence-electron chi connectivity index (χ4n) is 2.21. The lowest BCUT2D eigenvalue weighted by Crippen LogP contribution is -2.21. The molecule has 0 radical (unpaired) electrons. The van der Waals surface area contributed by atoms with E-state index in [1.54, 1.807) is 12.1 Å². The van der Waals surface area contributed by atoms with Crippen molar-refractivity contribution in [1.82, 2.24) is 0 Å². The van der Waals surface area contributed by atoms with E-state index in [4.69, 9.17) is 5.73 Å². The number of carbonyl (C=O) groups is 2. The summed E-state index contributed by atoms with van der Waals surface area (Å²) < 4.78 is 0. The van der Waals surface area contributed by atoms with Crippen LogP contribution in [0.1, 0.15) is 30.1 Å². The van der Waals surface area contributed by atoms with Crippen molar-refractivity contribution in [2.45, 2.75) is 19.8 Å². The second kappa shape index (κ2) is 5.08. The summed E-state index contributed by atoms with van der Waals surface area (Å²) in [6, 6.07) is 5.18. The van der Waals surface area contributed by atoms with E-state index in [1.807, 2.05) is 6.07 Å². The molecule has 2 rings (SSSR count). The van der Waals surface area contributed by atoms with Gasteiger partial charge in [0.1, 0.15) is 0 Å². The molecule has 1 aromatic rings. The zero-order chi connectivity index (χ0) is 13.1. The van der Waals surface area contributed by atoms with E-state index in [2.05, 4.69) is 10.2 Å². The molecule has 0 saturated carbocycles. The maximum atomic E-state index is 11.2. The summed E-state index contributed by atoms with van der Waals surface area (Å²) in [5.41, 5.74) is 7.26. The van der Waals surface area contributed by atoms with Crippen molar-refractivity contribution in [3.05, 3.63) is 23.8 Å². The Morgan fingerprint density at radius 3 is 2.50 bits per heavy atom. The van der Waals surface area contributed by atoms with Crippen LogP contribution in [-0.4, -0.2) is 24.9 Å². The topological polar surface area (TPSA) is 75.4 Å². The molecule has 1 aliphatic rings. The van der Waals surface area contributed by atoms with E-state index in [-0.39, 0.29) is 5.91 Å². The van der Waals surface area contributed by atoms with E-state index < -0.39 is 5.91 Å². The van der Waals surface area contributed by atoms with Gasteiger partial charge in [0.05, 0.1) is 11.4 Å². The predicted molar refractivity (Wildman–Crippen MR) is 70.7 cm³/mol. The van der Waals surface area contributed by atoms with E-state index in [9.17, 15) is 9.59 Å². The highest BCUT2D eigenvalue weighted by Crippen LogP contribution is 2.29. The van der Waals surface area contributed by atoms with Gasteiger partial charge in [0, 0.05) is 25.6 Å². The molecule has 96 valence electrons. The molecule has 1 heterocycles. The van der Waals surface area contributed by atoms with Crippen molar-refractivity contribution in [2.24, 2.45) is 5.73 Å². The van der Waals surface area contributed by atoms with Crippen molar-refractivity contribution in [2.75, 3.05) is 23.3 Å². The Labute approximate surface area is 106 Å². The van der Waals surface area contributed by atoms with Crippen LogP contribution in [0.4, 0.5) is 11.4 Å². The lowest BCUT2D eigenvalue weighted by Gasteiger charge is -2.21. The first-order valence-corrected chi connectivity index (χ1v) is 6.04. The molecule has 0 bridgehead atoms. The molecular weight excluding hydrogens is 230 g/mol. The maximum Gasteiger partial charge on any atom is 0.248 e. The molecule has 5 heteroatoms. The minimum Gasteiger partial charge on any atom is -0.370 e. The number of carbonyl (C=O) groups excluding carboxylic acids is 2. The van der Waals surface area contributed by atoms with Gasteiger partial charge in [-0.1, -0.05) is 0 Å². The average Bonchev–Trinajstić information content (AvgIpc) is 2.81. The molecule has 18 heavy (non-hydrogen) atoms. The minimum atomic E-state index is -0.491. The number of rotatable bonds is 3. The third-order valence-corrected chi connectivity index (χ3v) is 3.04. The van der Waals surface area contributed by atoms with Gasteiger partial charge >= 0.3 is 0 Å². The van der Waals surface area contributed by atoms with Gasteiger partial charge in [0.25, 0.3) is 0 Å². The van der Waals surface area contributed by atoms with Gasteiger partial charge in [0.2, 0.25) is 11.8 Å². The van der Waals surface area contributed by atoms with Crippen LogP contribution in [-0.2, 0) is 4.79 Å². The number of nitrogens with one attached hydrogen (secondary N) is 1. The second-order valence-corrected chi connectivity index (χ2v) is 4.47. The maximum absolute atomic E-state index is 11.2. The number of nitrogens with two attached hydrogens (primary N) is 1. The van der Waals surface area contributed by atoms with Gasteiger partial charge in [-0.25, -0.2) is 0 Å². The molecule has 1 fully saturated rings. The summed E-state index contributed by atoms with van der Waals surface area (Å²) in [6.07, 6.45) is 2.30. The number of hydrogen-bond donors (Lipinski definition) is 2. The minimum absolute atomic E-state index is 0.155. The summed E-state index contributed by atoms with van der Waals surface area (Å²) in [5, 5.41) is 2.76. The summed E-state index contributed by atoms with van der Waals surface area (Å²) in [4.78, 5) is 24.6. The van der Waals surface area contributed by atoms with E-state index in [0.717, 1.165) is 31.6 Å². The molecule has 0 atom stereocenters. The molecule has 5 nitrogen and oxygen atoms in total. The van der Waals surface area contributed by atoms with Crippen LogP contribution >= 0.6 is 0 Å². The van der Waals surface area contributed by atoms with Gasteiger partial charge in [0.15, 0.2) is 0 Å². The van der Waals surface area contributed by atoms with E-state index >= 15 is 0 Å². The molecule has 0 spiro atoms. The molecule has 1 saturated heterocycles. The molecule has 0 aromatic heterocycles. The molecule has 1 aliphatic heterocycles. The normalized spacial score (nSPS) is 14.6. The highest BCUT2D eigenvalue weighted by atomic mass is 16.1. The largest absolute Gasteiger partial charge is 0.370 e. The van der Waals surface area contributed by atoms with Crippen LogP contribution in [0.5, 0.6) is 0 Å². The molecule has 0 unspecified atom stereocenters. The predicted octanol–water partition coefficient (Wildman–Crippen LogP) is 1.34. The van der Waals surface area contributed by atoms with Gasteiger partial charge in [-0.3, -0.25) is 9.59 Å². The SMILES string of the molecule is CC(=O)Nc1cc(C(N)=O)ccc1N1CCCC1. The van der Waals surface area contributed by atoms with Gasteiger partial charge in [-0.05, 0) is 31.0 Å². The highest BCUT2D eigenvalue weighted by Gasteiger charge is 2.17. The molecule has 0 aliphatic carbocycles. The van der Waals surface area contributed by atoms with Gasteiger partial charge in [-0.15, -0.1) is 0 Å². The summed E-state index contributed by atoms with van der Waals surface area (Å²) in [6.45, 7) is 3.40. The molecule has 3 N–H and O–H groups in total. The Morgan fingerprint density at radius 2 is 1.94 bits per heavy atom. The average molecular weight is 247 g/mol. The van der Waals surface area contributed by atoms with Crippen molar-refractivity contribution >= 4 is 23.2 Å². The van der Waals surface area contributed by atoms with Crippen LogP contribution in [0.25, 0.3) is 0 Å². The van der Waals surface area contributed by atoms with Crippen molar-refractivity contribution in [3.8, 4) is 0 Å². The fraction of sp³-hybridized carbons (Fsp3) is 0.385. The second-order valence-electron chi connectivity index (χ2n) is 4.47. The standard InChI is InChI=1S/C13H17N3O2/c1-9(17)15-11-8-10(13(14)18)4-5-12(11)16-6-2-3-7-16/h4-5,8H,2-3,6-7H2,1H3,(H2,14,18)(H,15,17).